The number of ether oxygens (including phenoxy) is 2. The van der Waals surface area contributed by atoms with Gasteiger partial charge in [0, 0.05) is 0 Å². The second-order valence-corrected chi connectivity index (χ2v) is 15.2. The molecule has 4 nitrogen and oxygen atoms in total. The number of hydrogen-bond donors (Lipinski definition) is 0. The highest BCUT2D eigenvalue weighted by Crippen LogP contribution is 2.42. The lowest BCUT2D eigenvalue weighted by atomic mass is 9.69. The van der Waals surface area contributed by atoms with Crippen molar-refractivity contribution in [3.63, 3.8) is 0 Å². The minimum Gasteiger partial charge on any atom is -0.462 e. The first-order valence-electron chi connectivity index (χ1n) is 17.7. The average molecular weight is 559 g/mol. The van der Waals surface area contributed by atoms with E-state index >= 15 is 0 Å². The standard InChI is InChI=1S/C21H36O2.C15H26O2/c1-15-3-7-17(8-4-15)18-9-11-19(12-10-18)21(22)23-20-13-5-16(2)6-14-20;1-11-3-7-13(8-4-11)15(16)17-14-9-5-12(2)6-10-14/h15-20H,3-14H2,1-2H3;11-14H,3-10H2,1-2H3. The monoisotopic (exact) mass is 558 g/mol. The molecule has 5 saturated carbocycles. The smallest absolute Gasteiger partial charge is 0.309 e. The van der Waals surface area contributed by atoms with E-state index < -0.39 is 0 Å². The number of carbonyl (C=O) groups is 2. The summed E-state index contributed by atoms with van der Waals surface area (Å²) in [5.74, 6) is 5.84. The van der Waals surface area contributed by atoms with Crippen LogP contribution in [0, 0.1) is 47.3 Å². The van der Waals surface area contributed by atoms with E-state index in [1.807, 2.05) is 0 Å². The fraction of sp³-hybridized carbons (Fsp3) is 0.944. The fourth-order valence-corrected chi connectivity index (χ4v) is 8.30. The number of esters is 2. The van der Waals surface area contributed by atoms with Crippen molar-refractivity contribution in [3.8, 4) is 0 Å². The first-order chi connectivity index (χ1) is 19.3. The van der Waals surface area contributed by atoms with Crippen molar-refractivity contribution in [1.29, 1.82) is 0 Å². The number of rotatable bonds is 5. The molecule has 0 N–H and O–H groups in total. The molecule has 5 aliphatic carbocycles. The summed E-state index contributed by atoms with van der Waals surface area (Å²) in [5.41, 5.74) is 0. The number of hydrogen-bond acceptors (Lipinski definition) is 4. The van der Waals surface area contributed by atoms with Gasteiger partial charge in [-0.05, 0) is 151 Å². The minimum absolute atomic E-state index is 0.0939. The Morgan fingerprint density at radius 2 is 0.625 bits per heavy atom. The second kappa shape index (κ2) is 16.0. The predicted octanol–water partition coefficient (Wildman–Crippen LogP) is 9.68. The van der Waals surface area contributed by atoms with Crippen LogP contribution in [0.25, 0.3) is 0 Å². The van der Waals surface area contributed by atoms with Crippen LogP contribution in [0.3, 0.4) is 0 Å². The van der Waals surface area contributed by atoms with Crippen molar-refractivity contribution in [2.75, 3.05) is 0 Å². The summed E-state index contributed by atoms with van der Waals surface area (Å²) in [6.45, 7) is 9.28. The molecule has 0 atom stereocenters. The maximum absolute atomic E-state index is 12.5. The van der Waals surface area contributed by atoms with Gasteiger partial charge >= 0.3 is 11.9 Å². The highest BCUT2D eigenvalue weighted by atomic mass is 16.5. The van der Waals surface area contributed by atoms with Gasteiger partial charge in [-0.3, -0.25) is 9.59 Å². The lowest BCUT2D eigenvalue weighted by Crippen LogP contribution is -2.31. The van der Waals surface area contributed by atoms with Crippen LogP contribution in [-0.2, 0) is 19.1 Å². The van der Waals surface area contributed by atoms with Crippen molar-refractivity contribution >= 4 is 11.9 Å². The van der Waals surface area contributed by atoms with Gasteiger partial charge in [0.25, 0.3) is 0 Å². The molecule has 0 spiro atoms. The van der Waals surface area contributed by atoms with E-state index in [1.165, 1.54) is 77.0 Å². The quantitative estimate of drug-likeness (QED) is 0.315. The molecule has 40 heavy (non-hydrogen) atoms. The van der Waals surface area contributed by atoms with E-state index in [9.17, 15) is 9.59 Å². The van der Waals surface area contributed by atoms with Crippen LogP contribution in [0.1, 0.15) is 156 Å². The van der Waals surface area contributed by atoms with E-state index in [2.05, 4.69) is 27.7 Å². The first kappa shape index (κ1) is 31.9. The summed E-state index contributed by atoms with van der Waals surface area (Å²) >= 11 is 0. The molecule has 0 bridgehead atoms. The lowest BCUT2D eigenvalue weighted by Gasteiger charge is -2.37. The van der Waals surface area contributed by atoms with E-state index in [0.29, 0.717) is 0 Å². The van der Waals surface area contributed by atoms with E-state index in [-0.39, 0.29) is 36.0 Å². The van der Waals surface area contributed by atoms with Crippen molar-refractivity contribution < 1.29 is 19.1 Å². The van der Waals surface area contributed by atoms with Crippen molar-refractivity contribution in [2.45, 2.75) is 168 Å². The van der Waals surface area contributed by atoms with Crippen molar-refractivity contribution in [1.82, 2.24) is 0 Å². The third-order valence-electron chi connectivity index (χ3n) is 11.7. The van der Waals surface area contributed by atoms with Gasteiger partial charge in [0.05, 0.1) is 11.8 Å². The van der Waals surface area contributed by atoms with Crippen LogP contribution >= 0.6 is 0 Å². The highest BCUT2D eigenvalue weighted by Gasteiger charge is 2.34. The second-order valence-electron chi connectivity index (χ2n) is 15.2. The summed E-state index contributed by atoms with van der Waals surface area (Å²) in [6.07, 6.45) is 24.6. The molecule has 5 rings (SSSR count). The first-order valence-corrected chi connectivity index (χ1v) is 17.7. The van der Waals surface area contributed by atoms with Crippen molar-refractivity contribution in [3.05, 3.63) is 0 Å². The molecule has 0 unspecified atom stereocenters. The Balaban J connectivity index is 0.000000194. The third kappa shape index (κ3) is 10.0. The molecule has 0 aliphatic heterocycles. The third-order valence-corrected chi connectivity index (χ3v) is 11.7. The van der Waals surface area contributed by atoms with Gasteiger partial charge in [-0.2, -0.15) is 0 Å². The summed E-state index contributed by atoms with van der Waals surface area (Å²) in [4.78, 5) is 24.5. The Hall–Kier alpha value is -1.06. The number of carbonyl (C=O) groups excluding carboxylic acids is 2. The summed E-state index contributed by atoms with van der Waals surface area (Å²) < 4.78 is 11.5. The summed E-state index contributed by atoms with van der Waals surface area (Å²) in [7, 11) is 0. The molecule has 0 aromatic heterocycles. The van der Waals surface area contributed by atoms with Gasteiger partial charge in [-0.1, -0.05) is 40.5 Å². The zero-order valence-corrected chi connectivity index (χ0v) is 26.5. The van der Waals surface area contributed by atoms with Gasteiger partial charge in [0.2, 0.25) is 0 Å². The Bertz CT molecular complexity index is 739. The zero-order valence-electron chi connectivity index (χ0n) is 26.5. The normalized spacial score (nSPS) is 40.7. The molecule has 230 valence electrons. The summed E-state index contributed by atoms with van der Waals surface area (Å²) in [6, 6.07) is 0. The minimum atomic E-state index is 0.0939. The molecular weight excluding hydrogens is 496 g/mol. The topological polar surface area (TPSA) is 52.6 Å². The van der Waals surface area contributed by atoms with E-state index in [0.717, 1.165) is 86.9 Å². The van der Waals surface area contributed by atoms with Gasteiger partial charge in [0.1, 0.15) is 12.2 Å². The predicted molar refractivity (Wildman–Crippen MR) is 163 cm³/mol. The maximum atomic E-state index is 12.5. The van der Waals surface area contributed by atoms with Crippen molar-refractivity contribution in [2.24, 2.45) is 47.3 Å². The SMILES string of the molecule is CC1CCC(OC(=O)C2CCC(C)CC2)CC1.CC1CCC(OC(=O)C2CCC(C3CCC(C)CC3)CC2)CC1. The maximum Gasteiger partial charge on any atom is 0.309 e. The molecule has 5 aliphatic rings. The van der Waals surface area contributed by atoms with Crippen LogP contribution in [-0.4, -0.2) is 24.1 Å². The molecule has 0 amide bonds. The fourth-order valence-electron chi connectivity index (χ4n) is 8.30. The van der Waals surface area contributed by atoms with Crippen LogP contribution in [0.15, 0.2) is 0 Å². The van der Waals surface area contributed by atoms with Gasteiger partial charge in [0.15, 0.2) is 0 Å². The van der Waals surface area contributed by atoms with Crippen LogP contribution in [0.2, 0.25) is 0 Å². The molecule has 5 fully saturated rings. The molecule has 0 saturated heterocycles. The van der Waals surface area contributed by atoms with Gasteiger partial charge in [-0.25, -0.2) is 0 Å². The molecule has 0 radical (unpaired) electrons. The average Bonchev–Trinajstić information content (AvgIpc) is 2.97. The Kier molecular flexibility index (Phi) is 12.7. The Labute approximate surface area is 246 Å². The molecule has 0 heterocycles. The van der Waals surface area contributed by atoms with E-state index in [1.54, 1.807) is 0 Å². The summed E-state index contributed by atoms with van der Waals surface area (Å²) in [5, 5.41) is 0. The highest BCUT2D eigenvalue weighted by molar-refractivity contribution is 5.73. The molecule has 4 heteroatoms. The van der Waals surface area contributed by atoms with Gasteiger partial charge in [-0.15, -0.1) is 0 Å². The molecule has 0 aromatic rings. The van der Waals surface area contributed by atoms with Crippen LogP contribution in [0.5, 0.6) is 0 Å². The Morgan fingerprint density at radius 1 is 0.375 bits per heavy atom. The largest absolute Gasteiger partial charge is 0.462 e. The zero-order chi connectivity index (χ0) is 28.5. The lowest BCUT2D eigenvalue weighted by molar-refractivity contribution is -0.158. The Morgan fingerprint density at radius 3 is 0.975 bits per heavy atom. The van der Waals surface area contributed by atoms with E-state index in [4.69, 9.17) is 9.47 Å². The molecule has 0 aromatic carbocycles. The van der Waals surface area contributed by atoms with Gasteiger partial charge < -0.3 is 9.47 Å². The van der Waals surface area contributed by atoms with Crippen LogP contribution in [0.4, 0.5) is 0 Å². The molecular formula is C36H62O4. The van der Waals surface area contributed by atoms with Crippen LogP contribution < -0.4 is 0 Å².